The van der Waals surface area contributed by atoms with Gasteiger partial charge in [-0.25, -0.2) is 15.0 Å². The molecule has 0 amide bonds. The Labute approximate surface area is 856 Å². The third-order valence-corrected chi connectivity index (χ3v) is 32.9. The summed E-state index contributed by atoms with van der Waals surface area (Å²) in [5.74, 6) is 4.18. The Kier molecular flexibility index (Phi) is 19.5. The van der Waals surface area contributed by atoms with Gasteiger partial charge in [-0.2, -0.15) is 0 Å². The second-order valence-electron chi connectivity index (χ2n) is 37.8. The summed E-state index contributed by atoms with van der Waals surface area (Å²) in [4.78, 5) is 26.0. The highest BCUT2D eigenvalue weighted by molar-refractivity contribution is 7.99. The largest absolute Gasteiger partial charge is 0.456 e. The number of furan rings is 1. The molecule has 32 rings (SSSR count). The van der Waals surface area contributed by atoms with Gasteiger partial charge in [0.25, 0.3) is 0 Å². The lowest BCUT2D eigenvalue weighted by molar-refractivity contribution is 0.476. The van der Waals surface area contributed by atoms with Gasteiger partial charge < -0.3 is 23.7 Å². The number of rotatable bonds is 8. The normalized spacial score (nSPS) is 12.5. The Bertz CT molecular complexity index is 10000. The number of hydrogen-bond donors (Lipinski definition) is 0. The maximum Gasteiger partial charge on any atom is 0.151 e. The van der Waals surface area contributed by atoms with Gasteiger partial charge in [0.15, 0.2) is 23.0 Å². The lowest BCUT2D eigenvalue weighted by atomic mass is 9.92. The second kappa shape index (κ2) is 34.1. The highest BCUT2D eigenvalue weighted by atomic mass is 32.2. The number of ether oxygens (including phenoxy) is 2. The predicted molar refractivity (Wildman–Crippen MR) is 619 cm³/mol. The van der Waals surface area contributed by atoms with Gasteiger partial charge in [-0.1, -0.05) is 333 Å². The van der Waals surface area contributed by atoms with E-state index in [2.05, 4.69) is 451 Å². The Morgan fingerprint density at radius 2 is 0.558 bits per heavy atom. The molecule has 0 aliphatic carbocycles. The monoisotopic (exact) mass is 1930 g/mol. The van der Waals surface area contributed by atoms with Crippen LogP contribution in [0.3, 0.4) is 0 Å². The number of aromatic nitrogens is 3. The van der Waals surface area contributed by atoms with Gasteiger partial charge in [-0.15, -0.1) is 22.7 Å². The molecule has 23 aromatic carbocycles. The number of anilines is 9. The van der Waals surface area contributed by atoms with E-state index in [1.807, 2.05) is 83.0 Å². The molecule has 12 heteroatoms. The van der Waals surface area contributed by atoms with E-state index in [4.69, 9.17) is 28.8 Å². The third kappa shape index (κ3) is 13.9. The molecule has 0 saturated carbocycles. The summed E-state index contributed by atoms with van der Waals surface area (Å²) >= 11 is 5.53. The SMILES string of the molecule is c1ccc2c(c1)Oc1ccccc1N2c1cc2c(ccc3sc4ccc5ccccc5c4c32)c(-c2ccc3ccccc3c2)n1.c1ccc2c(c1)Oc1ccccc1N2c1ccc(-c2cc(-c3cccc4ccccc34)c3ccc4sc5ccc6ccccc6c5c4c3n2)cc1.c1ccc2c(c1)Sc1ccccc1N2c1ccc(-c2cc(-c3cccc4ccccc34)c3ccc4oc5ccc6ccccc6c5c4c3n2)cc1. The molecule has 0 N–H and O–H groups in total. The van der Waals surface area contributed by atoms with Crippen LogP contribution >= 0.6 is 34.4 Å². The van der Waals surface area contributed by atoms with E-state index in [-0.39, 0.29) is 0 Å². The molecule has 0 atom stereocenters. The van der Waals surface area contributed by atoms with Crippen molar-refractivity contribution in [2.24, 2.45) is 0 Å². The van der Waals surface area contributed by atoms with E-state index < -0.39 is 0 Å². The first-order chi connectivity index (χ1) is 72.9. The minimum atomic E-state index is 0.815. The van der Waals surface area contributed by atoms with E-state index in [1.165, 1.54) is 148 Å². The van der Waals surface area contributed by atoms with Gasteiger partial charge >= 0.3 is 0 Å². The molecule has 0 bridgehead atoms. The van der Waals surface area contributed by atoms with Crippen molar-refractivity contribution in [3.63, 3.8) is 0 Å². The Hall–Kier alpha value is -18.6. The average molecular weight is 1930 g/mol. The number of nitrogens with zero attached hydrogens (tertiary/aromatic N) is 6. The fraction of sp³-hybridized carbons (Fsp3) is 0. The topological polar surface area (TPSA) is 80.0 Å². The van der Waals surface area contributed by atoms with Crippen LogP contribution < -0.4 is 24.2 Å². The zero-order valence-corrected chi connectivity index (χ0v) is 81.3. The van der Waals surface area contributed by atoms with Crippen LogP contribution in [0.4, 0.5) is 51.3 Å². The summed E-state index contributed by atoms with van der Waals surface area (Å²) in [6, 6.07) is 173. The minimum absolute atomic E-state index is 0.815. The van der Waals surface area contributed by atoms with Crippen molar-refractivity contribution in [1.29, 1.82) is 0 Å². The van der Waals surface area contributed by atoms with Gasteiger partial charge in [0, 0.05) is 99.7 Å². The molecule has 147 heavy (non-hydrogen) atoms. The van der Waals surface area contributed by atoms with Crippen molar-refractivity contribution in [2.45, 2.75) is 9.79 Å². The van der Waals surface area contributed by atoms with Crippen LogP contribution in [-0.2, 0) is 0 Å². The maximum absolute atomic E-state index is 6.52. The fourth-order valence-electron chi connectivity index (χ4n) is 22.8. The minimum Gasteiger partial charge on any atom is -0.456 e. The first-order valence-electron chi connectivity index (χ1n) is 49.5. The molecule has 9 nitrogen and oxygen atoms in total. The molecule has 29 aromatic rings. The van der Waals surface area contributed by atoms with E-state index in [0.29, 0.717) is 0 Å². The third-order valence-electron chi connectivity index (χ3n) is 29.5. The molecule has 3 aliphatic heterocycles. The Morgan fingerprint density at radius 3 is 1.08 bits per heavy atom. The fourth-order valence-corrected chi connectivity index (χ4v) is 26.1. The Morgan fingerprint density at radius 1 is 0.204 bits per heavy atom. The molecule has 0 unspecified atom stereocenters. The average Bonchev–Trinajstić information content (AvgIpc) is 1.40. The number of thiophene rings is 2. The van der Waals surface area contributed by atoms with Crippen molar-refractivity contribution in [1.82, 2.24) is 15.0 Å². The summed E-state index contributed by atoms with van der Waals surface area (Å²) in [6.07, 6.45) is 0. The van der Waals surface area contributed by atoms with E-state index >= 15 is 0 Å². The van der Waals surface area contributed by atoms with Crippen molar-refractivity contribution >= 4 is 245 Å². The summed E-state index contributed by atoms with van der Waals surface area (Å²) in [6.45, 7) is 0. The number of fused-ring (bicyclic) bond motifs is 30. The quantitative estimate of drug-likeness (QED) is 0.147. The van der Waals surface area contributed by atoms with Crippen LogP contribution in [-0.4, -0.2) is 15.0 Å². The Balaban J connectivity index is 0.000000102. The number of pyridine rings is 3. The van der Waals surface area contributed by atoms with Gasteiger partial charge in [-0.05, 0) is 256 Å². The highest BCUT2D eigenvalue weighted by Crippen LogP contribution is 2.58. The molecule has 0 radical (unpaired) electrons. The van der Waals surface area contributed by atoms with Crippen molar-refractivity contribution < 1.29 is 13.9 Å². The van der Waals surface area contributed by atoms with Crippen molar-refractivity contribution in [3.8, 4) is 79.0 Å². The molecule has 9 heterocycles. The van der Waals surface area contributed by atoms with Crippen LogP contribution in [0.25, 0.3) is 216 Å². The predicted octanol–water partition coefficient (Wildman–Crippen LogP) is 39.7. The first-order valence-corrected chi connectivity index (χ1v) is 52.0. The zero-order chi connectivity index (χ0) is 96.4. The zero-order valence-electron chi connectivity index (χ0n) is 78.8. The molecule has 6 aromatic heterocycles. The van der Waals surface area contributed by atoms with Crippen molar-refractivity contribution in [3.05, 3.63) is 485 Å². The van der Waals surface area contributed by atoms with Gasteiger partial charge in [0.2, 0.25) is 0 Å². The lowest BCUT2D eigenvalue weighted by Crippen LogP contribution is -2.17. The molecule has 686 valence electrons. The molecular formula is C135H80N6O3S3. The summed E-state index contributed by atoms with van der Waals surface area (Å²) in [5.41, 5.74) is 23.1. The molecular weight excluding hydrogens is 1850 g/mol. The summed E-state index contributed by atoms with van der Waals surface area (Å²) in [5, 5.41) is 26.6. The van der Waals surface area contributed by atoms with E-state index in [0.717, 1.165) is 151 Å². The molecule has 0 spiro atoms. The van der Waals surface area contributed by atoms with Gasteiger partial charge in [-0.3, -0.25) is 4.90 Å². The standard InChI is InChI=1S/2C47H28N2OS.C41H24N2OS/c1-3-13-33-29(10-1)12-9-15-35(33)37-28-38(48-47-36(37)25-27-42-46(47)45-34-14-4-2-11-30(34)22-26-41(45)50-42)31-20-23-32(24-21-31)49-39-16-5-7-18-43(39)51-44-19-8-6-17-40(44)49;1-3-13-33-29(10-1)12-9-15-35(33)37-28-38(48-47-36(37)25-27-44-46(47)45-34-14-4-2-11-30(34)22-26-43(45)51-44)31-20-23-32(24-21-31)49-39-16-5-7-18-41(39)50-42-19-8-6-17-40(42)49;1-2-11-27-23-28(18-17-25(27)9-1)41-30-20-22-37-40(39-29-12-4-3-10-26(29)19-21-36(39)45-37)31(30)24-38(42-41)43-32-13-5-7-15-34(32)44-35-16-8-6-14-33(35)43/h2*1-28H;1-24H. The molecule has 3 aliphatic rings. The van der Waals surface area contributed by atoms with Crippen LogP contribution in [0, 0.1) is 0 Å². The van der Waals surface area contributed by atoms with Crippen molar-refractivity contribution in [2.75, 3.05) is 14.7 Å². The van der Waals surface area contributed by atoms with E-state index in [1.54, 1.807) is 0 Å². The van der Waals surface area contributed by atoms with Crippen LogP contribution in [0.15, 0.2) is 500 Å². The van der Waals surface area contributed by atoms with E-state index in [9.17, 15) is 0 Å². The lowest BCUT2D eigenvalue weighted by Gasteiger charge is -2.32. The second-order valence-corrected chi connectivity index (χ2v) is 41.0. The summed E-state index contributed by atoms with van der Waals surface area (Å²) in [7, 11) is 0. The van der Waals surface area contributed by atoms with Crippen LogP contribution in [0.5, 0.6) is 23.0 Å². The number of hydrogen-bond acceptors (Lipinski definition) is 12. The molecule has 0 saturated heterocycles. The number of para-hydroxylation sites is 10. The van der Waals surface area contributed by atoms with Gasteiger partial charge in [0.1, 0.15) is 17.0 Å². The summed E-state index contributed by atoms with van der Waals surface area (Å²) < 4.78 is 24.3. The van der Waals surface area contributed by atoms with Crippen LogP contribution in [0.1, 0.15) is 0 Å². The first kappa shape index (κ1) is 84.2. The van der Waals surface area contributed by atoms with Crippen LogP contribution in [0.2, 0.25) is 0 Å². The smallest absolute Gasteiger partial charge is 0.151 e. The maximum atomic E-state index is 6.52. The molecule has 0 fully saturated rings. The van der Waals surface area contributed by atoms with Gasteiger partial charge in [0.05, 0.1) is 67.6 Å². The number of benzene rings is 23. The highest BCUT2D eigenvalue weighted by Gasteiger charge is 2.33.